The zero-order chi connectivity index (χ0) is 10.3. The van der Waals surface area contributed by atoms with Gasteiger partial charge in [0.25, 0.3) is 0 Å². The van der Waals surface area contributed by atoms with Crippen LogP contribution in [0, 0.1) is 0 Å². The second-order valence-corrected chi connectivity index (χ2v) is 3.64. The maximum absolute atomic E-state index is 11.7. The first kappa shape index (κ1) is 9.49. The third kappa shape index (κ3) is 1.13. The van der Waals surface area contributed by atoms with E-state index in [1.807, 2.05) is 19.1 Å². The number of fused-ring (bicyclic) bond motifs is 1. The first-order valence-corrected chi connectivity index (χ1v) is 4.90. The summed E-state index contributed by atoms with van der Waals surface area (Å²) in [6, 6.07) is 4.86. The first-order chi connectivity index (χ1) is 6.66. The number of rotatable bonds is 1. The van der Waals surface area contributed by atoms with E-state index in [0.717, 1.165) is 11.3 Å². The first-order valence-electron chi connectivity index (χ1n) is 4.52. The Hall–Kier alpha value is -1.06. The van der Waals surface area contributed by atoms with Crippen LogP contribution in [-0.4, -0.2) is 12.5 Å². The van der Waals surface area contributed by atoms with Crippen molar-refractivity contribution >= 4 is 23.2 Å². The molecule has 0 aliphatic carbocycles. The summed E-state index contributed by atoms with van der Waals surface area (Å²) in [6.07, 6.45) is 0. The molecule has 4 heteroatoms. The van der Waals surface area contributed by atoms with Gasteiger partial charge in [-0.2, -0.15) is 0 Å². The molecular weight excluding hydrogens is 200 g/mol. The van der Waals surface area contributed by atoms with Gasteiger partial charge in [0.05, 0.1) is 5.69 Å². The Kier molecular flexibility index (Phi) is 2.21. The van der Waals surface area contributed by atoms with Crippen LogP contribution in [0.25, 0.3) is 0 Å². The fraction of sp³-hybridized carbons (Fsp3) is 0.300. The van der Waals surface area contributed by atoms with E-state index < -0.39 is 6.04 Å². The van der Waals surface area contributed by atoms with Gasteiger partial charge in [0.1, 0.15) is 6.04 Å². The van der Waals surface area contributed by atoms with Crippen molar-refractivity contribution in [2.24, 2.45) is 5.73 Å². The van der Waals surface area contributed by atoms with Crippen molar-refractivity contribution in [1.29, 1.82) is 0 Å². The molecule has 1 aromatic carbocycles. The lowest BCUT2D eigenvalue weighted by Crippen LogP contribution is -2.31. The van der Waals surface area contributed by atoms with Gasteiger partial charge in [0, 0.05) is 17.1 Å². The quantitative estimate of drug-likeness (QED) is 0.767. The summed E-state index contributed by atoms with van der Waals surface area (Å²) in [4.78, 5) is 13.3. The van der Waals surface area contributed by atoms with Gasteiger partial charge in [0.15, 0.2) is 0 Å². The number of benzene rings is 1. The number of carbonyl (C=O) groups is 1. The predicted molar refractivity (Wildman–Crippen MR) is 56.4 cm³/mol. The van der Waals surface area contributed by atoms with Crippen LogP contribution in [0.5, 0.6) is 0 Å². The number of amides is 1. The maximum Gasteiger partial charge on any atom is 0.248 e. The summed E-state index contributed by atoms with van der Waals surface area (Å²) in [5.41, 5.74) is 7.38. The van der Waals surface area contributed by atoms with Gasteiger partial charge < -0.3 is 10.6 Å². The van der Waals surface area contributed by atoms with E-state index >= 15 is 0 Å². The third-order valence-electron chi connectivity index (χ3n) is 2.48. The van der Waals surface area contributed by atoms with Gasteiger partial charge >= 0.3 is 0 Å². The third-order valence-corrected chi connectivity index (χ3v) is 2.81. The summed E-state index contributed by atoms with van der Waals surface area (Å²) >= 11 is 5.99. The van der Waals surface area contributed by atoms with Gasteiger partial charge in [-0.05, 0) is 19.1 Å². The molecule has 2 N–H and O–H groups in total. The smallest absolute Gasteiger partial charge is 0.248 e. The molecule has 1 heterocycles. The van der Waals surface area contributed by atoms with Crippen molar-refractivity contribution in [3.8, 4) is 0 Å². The van der Waals surface area contributed by atoms with Gasteiger partial charge in [0.2, 0.25) is 5.91 Å². The highest BCUT2D eigenvalue weighted by molar-refractivity contribution is 6.32. The fourth-order valence-corrected chi connectivity index (χ4v) is 2.09. The second kappa shape index (κ2) is 3.26. The number of likely N-dealkylation sites (N-methyl/N-ethyl adjacent to an activating group) is 1. The Morgan fingerprint density at radius 1 is 1.57 bits per heavy atom. The number of hydrogen-bond acceptors (Lipinski definition) is 2. The predicted octanol–water partition coefficient (Wildman–Crippen LogP) is 1.71. The number of carbonyl (C=O) groups excluding carboxylic acids is 1. The summed E-state index contributed by atoms with van der Waals surface area (Å²) in [5, 5.41) is 0.569. The standard InChI is InChI=1S/C10H11ClN2O/c1-2-13-7-5-3-4-6(11)8(7)9(12)10(13)14/h3-5,9H,2,12H2,1H3. The van der Waals surface area contributed by atoms with E-state index in [4.69, 9.17) is 17.3 Å². The minimum absolute atomic E-state index is 0.0735. The molecule has 1 amide bonds. The molecule has 0 spiro atoms. The lowest BCUT2D eigenvalue weighted by Gasteiger charge is -2.14. The van der Waals surface area contributed by atoms with Crippen molar-refractivity contribution in [3.05, 3.63) is 28.8 Å². The Morgan fingerprint density at radius 3 is 2.93 bits per heavy atom. The molecule has 74 valence electrons. The molecule has 3 nitrogen and oxygen atoms in total. The summed E-state index contributed by atoms with van der Waals surface area (Å²) in [7, 11) is 0. The Bertz CT molecular complexity index is 392. The Labute approximate surface area is 87.4 Å². The summed E-state index contributed by atoms with van der Waals surface area (Å²) < 4.78 is 0. The van der Waals surface area contributed by atoms with Crippen LogP contribution >= 0.6 is 11.6 Å². The molecule has 1 aliphatic heterocycles. The van der Waals surface area contributed by atoms with E-state index in [1.165, 1.54) is 0 Å². The van der Waals surface area contributed by atoms with Crippen LogP contribution in [0.15, 0.2) is 18.2 Å². The molecule has 0 fully saturated rings. The van der Waals surface area contributed by atoms with E-state index in [9.17, 15) is 4.79 Å². The molecule has 0 radical (unpaired) electrons. The maximum atomic E-state index is 11.7. The van der Waals surface area contributed by atoms with Gasteiger partial charge in [-0.1, -0.05) is 17.7 Å². The molecular formula is C10H11ClN2O. The van der Waals surface area contributed by atoms with E-state index in [1.54, 1.807) is 11.0 Å². The van der Waals surface area contributed by atoms with Crippen molar-refractivity contribution in [2.45, 2.75) is 13.0 Å². The monoisotopic (exact) mass is 210 g/mol. The largest absolute Gasteiger partial charge is 0.316 e. The van der Waals surface area contributed by atoms with Crippen LogP contribution in [0.4, 0.5) is 5.69 Å². The van der Waals surface area contributed by atoms with Crippen molar-refractivity contribution < 1.29 is 4.79 Å². The number of nitrogens with zero attached hydrogens (tertiary/aromatic N) is 1. The second-order valence-electron chi connectivity index (χ2n) is 3.23. The highest BCUT2D eigenvalue weighted by Crippen LogP contribution is 2.38. The molecule has 0 bridgehead atoms. The zero-order valence-corrected chi connectivity index (χ0v) is 8.58. The molecule has 0 saturated carbocycles. The SMILES string of the molecule is CCN1C(=O)C(N)c2c(Cl)cccc21. The lowest BCUT2D eigenvalue weighted by atomic mass is 10.1. The van der Waals surface area contributed by atoms with Crippen molar-refractivity contribution in [3.63, 3.8) is 0 Å². The molecule has 14 heavy (non-hydrogen) atoms. The lowest BCUT2D eigenvalue weighted by molar-refractivity contribution is -0.119. The van der Waals surface area contributed by atoms with Gasteiger partial charge in [-0.25, -0.2) is 0 Å². The molecule has 0 aromatic heterocycles. The number of anilines is 1. The fourth-order valence-electron chi connectivity index (χ4n) is 1.81. The molecule has 1 atom stereocenters. The van der Waals surface area contributed by atoms with E-state index in [2.05, 4.69) is 0 Å². The normalized spacial score (nSPS) is 20.1. The van der Waals surface area contributed by atoms with Crippen molar-refractivity contribution in [2.75, 3.05) is 11.4 Å². The van der Waals surface area contributed by atoms with Crippen LogP contribution < -0.4 is 10.6 Å². The minimum atomic E-state index is -0.598. The average Bonchev–Trinajstić information content (AvgIpc) is 2.41. The minimum Gasteiger partial charge on any atom is -0.316 e. The number of hydrogen-bond donors (Lipinski definition) is 1. The molecule has 1 aliphatic rings. The van der Waals surface area contributed by atoms with Gasteiger partial charge in [-0.15, -0.1) is 0 Å². The number of halogens is 1. The van der Waals surface area contributed by atoms with Crippen LogP contribution in [0.2, 0.25) is 5.02 Å². The highest BCUT2D eigenvalue weighted by Gasteiger charge is 2.35. The number of nitrogens with two attached hydrogens (primary N) is 1. The topological polar surface area (TPSA) is 46.3 Å². The Morgan fingerprint density at radius 2 is 2.29 bits per heavy atom. The highest BCUT2D eigenvalue weighted by atomic mass is 35.5. The van der Waals surface area contributed by atoms with Crippen LogP contribution in [-0.2, 0) is 4.79 Å². The molecule has 2 rings (SSSR count). The average molecular weight is 211 g/mol. The summed E-state index contributed by atoms with van der Waals surface area (Å²) in [5.74, 6) is -0.0735. The molecule has 1 aromatic rings. The van der Waals surface area contributed by atoms with E-state index in [-0.39, 0.29) is 5.91 Å². The van der Waals surface area contributed by atoms with Gasteiger partial charge in [-0.3, -0.25) is 4.79 Å². The van der Waals surface area contributed by atoms with E-state index in [0.29, 0.717) is 11.6 Å². The Balaban J connectivity index is 2.61. The summed E-state index contributed by atoms with van der Waals surface area (Å²) in [6.45, 7) is 2.54. The molecule has 0 saturated heterocycles. The molecule has 1 unspecified atom stereocenters. The van der Waals surface area contributed by atoms with Crippen LogP contribution in [0.3, 0.4) is 0 Å². The van der Waals surface area contributed by atoms with Crippen molar-refractivity contribution in [1.82, 2.24) is 0 Å². The van der Waals surface area contributed by atoms with Crippen LogP contribution in [0.1, 0.15) is 18.5 Å². The zero-order valence-electron chi connectivity index (χ0n) is 7.83.